The predicted octanol–water partition coefficient (Wildman–Crippen LogP) is 1.76. The van der Waals surface area contributed by atoms with Crippen LogP contribution in [0, 0.1) is 0 Å². The van der Waals surface area contributed by atoms with Gasteiger partial charge in [-0.25, -0.2) is 9.97 Å². The fourth-order valence-corrected chi connectivity index (χ4v) is 2.45. The van der Waals surface area contributed by atoms with E-state index in [1.807, 2.05) is 12.4 Å². The van der Waals surface area contributed by atoms with Gasteiger partial charge in [0.2, 0.25) is 5.95 Å². The first-order valence-electron chi connectivity index (χ1n) is 7.66. The summed E-state index contributed by atoms with van der Waals surface area (Å²) in [5.41, 5.74) is 7.06. The Labute approximate surface area is 121 Å². The number of nitrogens with zero attached hydrogens (tertiary/aromatic N) is 3. The Bertz CT molecular complexity index is 389. The molecule has 2 atom stereocenters. The molecular weight excluding hydrogens is 252 g/mol. The lowest BCUT2D eigenvalue weighted by atomic mass is 10.1. The number of hydrogen-bond acceptors (Lipinski definition) is 5. The molecular formula is C15H26N4O. The van der Waals surface area contributed by atoms with Crippen LogP contribution in [0.15, 0.2) is 12.4 Å². The van der Waals surface area contributed by atoms with Gasteiger partial charge in [0.05, 0.1) is 6.10 Å². The summed E-state index contributed by atoms with van der Waals surface area (Å²) in [6.07, 6.45) is 8.24. The quantitative estimate of drug-likeness (QED) is 0.823. The minimum absolute atomic E-state index is 0.193. The van der Waals surface area contributed by atoms with Crippen LogP contribution in [0.3, 0.4) is 0 Å². The average molecular weight is 278 g/mol. The maximum absolute atomic E-state index is 5.96. The van der Waals surface area contributed by atoms with Gasteiger partial charge in [0.15, 0.2) is 0 Å². The zero-order valence-electron chi connectivity index (χ0n) is 12.6. The molecule has 0 saturated carbocycles. The Kier molecular flexibility index (Phi) is 5.73. The van der Waals surface area contributed by atoms with E-state index in [1.54, 1.807) is 0 Å². The molecule has 112 valence electrons. The first-order chi connectivity index (χ1) is 9.72. The lowest BCUT2D eigenvalue weighted by Crippen LogP contribution is -2.33. The molecule has 5 nitrogen and oxygen atoms in total. The van der Waals surface area contributed by atoms with E-state index < -0.39 is 0 Å². The highest BCUT2D eigenvalue weighted by Crippen LogP contribution is 2.16. The van der Waals surface area contributed by atoms with Crippen LogP contribution in [0.4, 0.5) is 5.95 Å². The fraction of sp³-hybridized carbons (Fsp3) is 0.733. The molecule has 5 heteroatoms. The summed E-state index contributed by atoms with van der Waals surface area (Å²) >= 11 is 0. The molecule has 0 aliphatic carbocycles. The molecule has 1 saturated heterocycles. The Morgan fingerprint density at radius 3 is 2.70 bits per heavy atom. The van der Waals surface area contributed by atoms with Crippen molar-refractivity contribution in [3.8, 4) is 0 Å². The van der Waals surface area contributed by atoms with Gasteiger partial charge in [-0.3, -0.25) is 0 Å². The molecule has 1 fully saturated rings. The zero-order valence-corrected chi connectivity index (χ0v) is 12.6. The van der Waals surface area contributed by atoms with Gasteiger partial charge in [-0.05, 0) is 38.2 Å². The molecule has 2 unspecified atom stereocenters. The van der Waals surface area contributed by atoms with Crippen molar-refractivity contribution in [3.05, 3.63) is 18.0 Å². The van der Waals surface area contributed by atoms with Crippen LogP contribution in [-0.2, 0) is 11.2 Å². The van der Waals surface area contributed by atoms with E-state index in [4.69, 9.17) is 10.5 Å². The van der Waals surface area contributed by atoms with Crippen molar-refractivity contribution in [1.29, 1.82) is 0 Å². The molecule has 0 spiro atoms. The van der Waals surface area contributed by atoms with E-state index in [0.717, 1.165) is 56.9 Å². The smallest absolute Gasteiger partial charge is 0.225 e. The van der Waals surface area contributed by atoms with Gasteiger partial charge in [-0.2, -0.15) is 0 Å². The normalized spacial score (nSPS) is 20.1. The predicted molar refractivity (Wildman–Crippen MR) is 80.9 cm³/mol. The highest BCUT2D eigenvalue weighted by Gasteiger charge is 2.19. The number of nitrogens with two attached hydrogens (primary N) is 1. The summed E-state index contributed by atoms with van der Waals surface area (Å²) < 4.78 is 5.68. The first kappa shape index (κ1) is 15.2. The molecule has 2 N–H and O–H groups in total. The van der Waals surface area contributed by atoms with Crippen LogP contribution in [0.1, 0.15) is 38.7 Å². The van der Waals surface area contributed by atoms with E-state index in [1.165, 1.54) is 0 Å². The average Bonchev–Trinajstić information content (AvgIpc) is 2.98. The monoisotopic (exact) mass is 278 g/mol. The third-order valence-electron chi connectivity index (χ3n) is 3.83. The molecule has 0 amide bonds. The topological polar surface area (TPSA) is 64.3 Å². The summed E-state index contributed by atoms with van der Waals surface area (Å²) in [4.78, 5) is 11.1. The van der Waals surface area contributed by atoms with Crippen molar-refractivity contribution < 1.29 is 4.74 Å². The van der Waals surface area contributed by atoms with Crippen LogP contribution in [0.25, 0.3) is 0 Å². The van der Waals surface area contributed by atoms with E-state index >= 15 is 0 Å². The van der Waals surface area contributed by atoms with Crippen molar-refractivity contribution in [2.75, 3.05) is 24.6 Å². The number of ether oxygens (including phenoxy) is 1. The van der Waals surface area contributed by atoms with Crippen LogP contribution in [0.2, 0.25) is 0 Å². The van der Waals surface area contributed by atoms with Gasteiger partial charge in [0.25, 0.3) is 0 Å². The SMILES string of the molecule is CCC(N)Cc1cnc(N(CC)CC2CCCO2)nc1. The number of likely N-dealkylation sites (N-methyl/N-ethyl adjacent to an activating group) is 1. The molecule has 0 radical (unpaired) electrons. The van der Waals surface area contributed by atoms with Gasteiger partial charge in [-0.15, -0.1) is 0 Å². The molecule has 0 aromatic carbocycles. The molecule has 1 aromatic heterocycles. The summed E-state index contributed by atoms with van der Waals surface area (Å²) in [5.74, 6) is 0.789. The second-order valence-corrected chi connectivity index (χ2v) is 5.44. The van der Waals surface area contributed by atoms with Gasteiger partial charge < -0.3 is 15.4 Å². The van der Waals surface area contributed by atoms with Crippen molar-refractivity contribution in [2.45, 2.75) is 51.7 Å². The Balaban J connectivity index is 1.95. The first-order valence-corrected chi connectivity index (χ1v) is 7.66. The molecule has 2 rings (SSSR count). The standard InChI is InChI=1S/C15H26N4O/c1-3-13(16)8-12-9-17-15(18-10-12)19(4-2)11-14-6-5-7-20-14/h9-10,13-14H,3-8,11,16H2,1-2H3. The van der Waals surface area contributed by atoms with E-state index in [0.29, 0.717) is 6.10 Å². The maximum Gasteiger partial charge on any atom is 0.225 e. The van der Waals surface area contributed by atoms with Crippen molar-refractivity contribution in [2.24, 2.45) is 5.73 Å². The Morgan fingerprint density at radius 2 is 2.15 bits per heavy atom. The largest absolute Gasteiger partial charge is 0.376 e. The number of rotatable bonds is 7. The minimum atomic E-state index is 0.193. The lowest BCUT2D eigenvalue weighted by molar-refractivity contribution is 0.115. The minimum Gasteiger partial charge on any atom is -0.376 e. The van der Waals surface area contributed by atoms with Crippen molar-refractivity contribution >= 4 is 5.95 Å². The molecule has 1 aliphatic heterocycles. The second-order valence-electron chi connectivity index (χ2n) is 5.44. The van der Waals surface area contributed by atoms with Crippen LogP contribution < -0.4 is 10.6 Å². The van der Waals surface area contributed by atoms with Gasteiger partial charge >= 0.3 is 0 Å². The Hall–Kier alpha value is -1.20. The highest BCUT2D eigenvalue weighted by molar-refractivity contribution is 5.30. The molecule has 0 bridgehead atoms. The van der Waals surface area contributed by atoms with E-state index in [9.17, 15) is 0 Å². The molecule has 1 aromatic rings. The van der Waals surface area contributed by atoms with Crippen molar-refractivity contribution in [1.82, 2.24) is 9.97 Å². The van der Waals surface area contributed by atoms with Crippen LogP contribution in [0.5, 0.6) is 0 Å². The van der Waals surface area contributed by atoms with E-state index in [-0.39, 0.29) is 6.04 Å². The maximum atomic E-state index is 5.96. The van der Waals surface area contributed by atoms with Crippen LogP contribution in [-0.4, -0.2) is 41.8 Å². The summed E-state index contributed by atoms with van der Waals surface area (Å²) in [5, 5.41) is 0. The molecule has 1 aliphatic rings. The highest BCUT2D eigenvalue weighted by atomic mass is 16.5. The second kappa shape index (κ2) is 7.55. The van der Waals surface area contributed by atoms with Gasteiger partial charge in [0.1, 0.15) is 0 Å². The number of hydrogen-bond donors (Lipinski definition) is 1. The van der Waals surface area contributed by atoms with Crippen LogP contribution >= 0.6 is 0 Å². The fourth-order valence-electron chi connectivity index (χ4n) is 2.45. The zero-order chi connectivity index (χ0) is 14.4. The summed E-state index contributed by atoms with van der Waals surface area (Å²) in [7, 11) is 0. The summed E-state index contributed by atoms with van der Waals surface area (Å²) in [6, 6.07) is 0.193. The van der Waals surface area contributed by atoms with E-state index in [2.05, 4.69) is 28.7 Å². The lowest BCUT2D eigenvalue weighted by Gasteiger charge is -2.23. The Morgan fingerprint density at radius 1 is 1.40 bits per heavy atom. The number of aromatic nitrogens is 2. The molecule has 20 heavy (non-hydrogen) atoms. The third-order valence-corrected chi connectivity index (χ3v) is 3.83. The molecule has 2 heterocycles. The number of anilines is 1. The van der Waals surface area contributed by atoms with Gasteiger partial charge in [-0.1, -0.05) is 6.92 Å². The summed E-state index contributed by atoms with van der Waals surface area (Å²) in [6.45, 7) is 6.88. The third kappa shape index (κ3) is 4.15. The van der Waals surface area contributed by atoms with Gasteiger partial charge in [0, 0.05) is 38.1 Å². The van der Waals surface area contributed by atoms with Crippen molar-refractivity contribution in [3.63, 3.8) is 0 Å².